The lowest BCUT2D eigenvalue weighted by Crippen LogP contribution is -2.53. The SMILES string of the molecule is CC(CC1Cc2ccccc2C12CCC(Nc1cccc(Cl)c1)(C(=O)O)CC2)C1CCC(=O)CC1. The van der Waals surface area contributed by atoms with E-state index in [1.807, 2.05) is 12.1 Å². The van der Waals surface area contributed by atoms with Crippen LogP contribution in [0.15, 0.2) is 48.5 Å². The molecule has 2 saturated carbocycles. The molecule has 0 aromatic heterocycles. The van der Waals surface area contributed by atoms with Crippen LogP contribution in [0, 0.1) is 17.8 Å². The molecule has 186 valence electrons. The Morgan fingerprint density at radius 3 is 2.49 bits per heavy atom. The summed E-state index contributed by atoms with van der Waals surface area (Å²) in [6.45, 7) is 2.38. The summed E-state index contributed by atoms with van der Waals surface area (Å²) in [4.78, 5) is 24.4. The molecule has 3 aliphatic rings. The van der Waals surface area contributed by atoms with Crippen LogP contribution in [0.4, 0.5) is 5.69 Å². The topological polar surface area (TPSA) is 66.4 Å². The van der Waals surface area contributed by atoms with Crippen molar-refractivity contribution < 1.29 is 14.7 Å². The van der Waals surface area contributed by atoms with Crippen LogP contribution in [0.5, 0.6) is 0 Å². The van der Waals surface area contributed by atoms with Crippen molar-refractivity contribution in [3.8, 4) is 0 Å². The highest BCUT2D eigenvalue weighted by Gasteiger charge is 2.54. The Morgan fingerprint density at radius 2 is 1.80 bits per heavy atom. The summed E-state index contributed by atoms with van der Waals surface area (Å²) in [5.41, 5.74) is 2.70. The number of carboxylic acid groups (broad SMARTS) is 1. The van der Waals surface area contributed by atoms with E-state index in [4.69, 9.17) is 11.6 Å². The average Bonchev–Trinajstić information content (AvgIpc) is 3.13. The third-order valence-corrected chi connectivity index (χ3v) is 9.70. The van der Waals surface area contributed by atoms with Crippen LogP contribution in [-0.4, -0.2) is 22.4 Å². The summed E-state index contributed by atoms with van der Waals surface area (Å²) in [6.07, 6.45) is 8.66. The van der Waals surface area contributed by atoms with Crippen LogP contribution < -0.4 is 5.32 Å². The van der Waals surface area contributed by atoms with Crippen LogP contribution in [0.1, 0.15) is 75.8 Å². The maximum atomic E-state index is 12.6. The second-order valence-electron chi connectivity index (χ2n) is 11.3. The van der Waals surface area contributed by atoms with Gasteiger partial charge in [0.15, 0.2) is 0 Å². The molecule has 2 aromatic rings. The molecule has 1 spiro atoms. The smallest absolute Gasteiger partial charge is 0.329 e. The van der Waals surface area contributed by atoms with E-state index in [2.05, 4.69) is 36.5 Å². The zero-order chi connectivity index (χ0) is 24.6. The Hall–Kier alpha value is -2.33. The number of Topliss-reactive ketones (excluding diaryl/α,β-unsaturated/α-hetero) is 1. The lowest BCUT2D eigenvalue weighted by molar-refractivity contribution is -0.144. The normalized spacial score (nSPS) is 29.7. The number of carbonyl (C=O) groups is 2. The number of carbonyl (C=O) groups excluding carboxylic acids is 1. The van der Waals surface area contributed by atoms with Gasteiger partial charge in [-0.25, -0.2) is 4.79 Å². The van der Waals surface area contributed by atoms with Crippen molar-refractivity contribution >= 4 is 29.0 Å². The molecule has 0 radical (unpaired) electrons. The molecule has 5 heteroatoms. The maximum absolute atomic E-state index is 12.6. The van der Waals surface area contributed by atoms with Crippen LogP contribution in [0.3, 0.4) is 0 Å². The Balaban J connectivity index is 1.38. The summed E-state index contributed by atoms with van der Waals surface area (Å²) < 4.78 is 0. The van der Waals surface area contributed by atoms with Gasteiger partial charge >= 0.3 is 5.97 Å². The Labute approximate surface area is 213 Å². The van der Waals surface area contributed by atoms with E-state index in [-0.39, 0.29) is 5.41 Å². The molecule has 2 N–H and O–H groups in total. The molecular weight excluding hydrogens is 458 g/mol. The van der Waals surface area contributed by atoms with E-state index >= 15 is 0 Å². The van der Waals surface area contributed by atoms with Crippen molar-refractivity contribution in [1.82, 2.24) is 0 Å². The number of fused-ring (bicyclic) bond motifs is 2. The summed E-state index contributed by atoms with van der Waals surface area (Å²) in [7, 11) is 0. The Morgan fingerprint density at radius 1 is 1.09 bits per heavy atom. The van der Waals surface area contributed by atoms with Gasteiger partial charge in [0.2, 0.25) is 0 Å². The van der Waals surface area contributed by atoms with Gasteiger partial charge in [0.05, 0.1) is 0 Å². The van der Waals surface area contributed by atoms with Gasteiger partial charge in [-0.05, 0) is 104 Å². The molecule has 0 bridgehead atoms. The fourth-order valence-electron chi connectivity index (χ4n) is 7.38. The zero-order valence-electron chi connectivity index (χ0n) is 20.6. The van der Waals surface area contributed by atoms with E-state index in [1.165, 1.54) is 11.1 Å². The first-order valence-electron chi connectivity index (χ1n) is 13.2. The lowest BCUT2D eigenvalue weighted by Gasteiger charge is -2.47. The molecule has 2 fully saturated rings. The summed E-state index contributed by atoms with van der Waals surface area (Å²) in [5.74, 6) is 1.36. The molecule has 2 unspecified atom stereocenters. The van der Waals surface area contributed by atoms with Crippen molar-refractivity contribution in [1.29, 1.82) is 0 Å². The van der Waals surface area contributed by atoms with E-state index in [9.17, 15) is 14.7 Å². The van der Waals surface area contributed by atoms with Gasteiger partial charge in [0, 0.05) is 23.6 Å². The van der Waals surface area contributed by atoms with Gasteiger partial charge in [-0.1, -0.05) is 48.9 Å². The standard InChI is InChI=1S/C30H36ClNO3/c1-20(21-9-11-26(33)12-10-21)17-23-18-22-5-2-3-8-27(22)29(23)13-15-30(16-14-29,28(34)35)32-25-7-4-6-24(31)19-25/h2-8,19-21,23,32H,9-18H2,1H3,(H,34,35). The fourth-order valence-corrected chi connectivity index (χ4v) is 7.57. The monoisotopic (exact) mass is 493 g/mol. The van der Waals surface area contributed by atoms with Gasteiger partial charge in [-0.15, -0.1) is 0 Å². The number of ketones is 1. The summed E-state index contributed by atoms with van der Waals surface area (Å²) in [6, 6.07) is 16.2. The number of hydrogen-bond donors (Lipinski definition) is 2. The van der Waals surface area contributed by atoms with Crippen LogP contribution in [-0.2, 0) is 21.4 Å². The minimum atomic E-state index is -0.979. The van der Waals surface area contributed by atoms with Crippen molar-refractivity contribution in [2.75, 3.05) is 5.32 Å². The van der Waals surface area contributed by atoms with Gasteiger partial charge in [0.25, 0.3) is 0 Å². The maximum Gasteiger partial charge on any atom is 0.329 e. The number of aliphatic carboxylic acids is 1. The highest BCUT2D eigenvalue weighted by molar-refractivity contribution is 6.30. The molecule has 2 aromatic carbocycles. The molecule has 35 heavy (non-hydrogen) atoms. The van der Waals surface area contributed by atoms with Gasteiger partial charge in [-0.2, -0.15) is 0 Å². The molecule has 0 heterocycles. The molecule has 0 saturated heterocycles. The highest BCUT2D eigenvalue weighted by atomic mass is 35.5. The number of benzene rings is 2. The van der Waals surface area contributed by atoms with E-state index < -0.39 is 11.5 Å². The summed E-state index contributed by atoms with van der Waals surface area (Å²) in [5, 5.41) is 14.3. The van der Waals surface area contributed by atoms with E-state index in [0.717, 1.165) is 57.1 Å². The van der Waals surface area contributed by atoms with Crippen LogP contribution >= 0.6 is 11.6 Å². The number of halogens is 1. The van der Waals surface area contributed by atoms with Crippen LogP contribution in [0.2, 0.25) is 5.02 Å². The van der Waals surface area contributed by atoms with E-state index in [0.29, 0.717) is 41.4 Å². The molecule has 0 aliphatic heterocycles. The predicted octanol–water partition coefficient (Wildman–Crippen LogP) is 7.05. The minimum absolute atomic E-state index is 0.0320. The second kappa shape index (κ2) is 9.61. The molecule has 4 nitrogen and oxygen atoms in total. The molecule has 0 amide bonds. The Bertz CT molecular complexity index is 1090. The molecule has 2 atom stereocenters. The third-order valence-electron chi connectivity index (χ3n) is 9.46. The van der Waals surface area contributed by atoms with Gasteiger partial charge in [0.1, 0.15) is 11.3 Å². The zero-order valence-corrected chi connectivity index (χ0v) is 21.3. The number of hydrogen-bond acceptors (Lipinski definition) is 3. The second-order valence-corrected chi connectivity index (χ2v) is 11.8. The molecular formula is C30H36ClNO3. The molecule has 5 rings (SSSR count). The third kappa shape index (κ3) is 4.62. The first-order valence-corrected chi connectivity index (χ1v) is 13.6. The fraction of sp³-hybridized carbons (Fsp3) is 0.533. The first kappa shape index (κ1) is 24.4. The average molecular weight is 494 g/mol. The van der Waals surface area contributed by atoms with Crippen LogP contribution in [0.25, 0.3) is 0 Å². The first-order chi connectivity index (χ1) is 16.8. The lowest BCUT2D eigenvalue weighted by atomic mass is 9.59. The van der Waals surface area contributed by atoms with Gasteiger partial charge < -0.3 is 10.4 Å². The van der Waals surface area contributed by atoms with Crippen molar-refractivity contribution in [2.45, 2.75) is 82.1 Å². The predicted molar refractivity (Wildman–Crippen MR) is 140 cm³/mol. The summed E-state index contributed by atoms with van der Waals surface area (Å²) >= 11 is 6.18. The van der Waals surface area contributed by atoms with E-state index in [1.54, 1.807) is 12.1 Å². The number of carboxylic acids is 1. The number of nitrogens with one attached hydrogen (secondary N) is 1. The quantitative estimate of drug-likeness (QED) is 0.452. The number of anilines is 1. The minimum Gasteiger partial charge on any atom is -0.480 e. The highest BCUT2D eigenvalue weighted by Crippen LogP contribution is 2.56. The Kier molecular flexibility index (Phi) is 6.69. The molecule has 3 aliphatic carbocycles. The number of rotatable bonds is 6. The van der Waals surface area contributed by atoms with Crippen molar-refractivity contribution in [3.05, 3.63) is 64.7 Å². The van der Waals surface area contributed by atoms with Crippen molar-refractivity contribution in [2.24, 2.45) is 17.8 Å². The van der Waals surface area contributed by atoms with Crippen molar-refractivity contribution in [3.63, 3.8) is 0 Å². The van der Waals surface area contributed by atoms with Gasteiger partial charge in [-0.3, -0.25) is 4.79 Å². The largest absolute Gasteiger partial charge is 0.480 e.